The van der Waals surface area contributed by atoms with Crippen molar-refractivity contribution in [1.29, 1.82) is 0 Å². The predicted molar refractivity (Wildman–Crippen MR) is 128 cm³/mol. The van der Waals surface area contributed by atoms with Crippen LogP contribution in [0.4, 0.5) is 4.79 Å². The summed E-state index contributed by atoms with van der Waals surface area (Å²) in [6.45, 7) is 6.41. The molecule has 2 heterocycles. The first-order valence-electron chi connectivity index (χ1n) is 11.6. The van der Waals surface area contributed by atoms with Gasteiger partial charge in [-0.15, -0.1) is 0 Å². The van der Waals surface area contributed by atoms with E-state index in [9.17, 15) is 9.59 Å². The molecule has 4 rings (SSSR count). The van der Waals surface area contributed by atoms with Crippen molar-refractivity contribution in [2.45, 2.75) is 32.9 Å². The van der Waals surface area contributed by atoms with E-state index in [2.05, 4.69) is 33.7 Å². The Morgan fingerprint density at radius 2 is 1.88 bits per heavy atom. The summed E-state index contributed by atoms with van der Waals surface area (Å²) in [6.07, 6.45) is 0.921. The van der Waals surface area contributed by atoms with E-state index in [1.165, 1.54) is 11.1 Å². The molecule has 180 valence electrons. The molecule has 2 aromatic rings. The molecule has 0 radical (unpaired) electrons. The summed E-state index contributed by atoms with van der Waals surface area (Å²) in [5.41, 5.74) is 4.26. The quantitative estimate of drug-likeness (QED) is 0.582. The Morgan fingerprint density at radius 3 is 2.62 bits per heavy atom. The molecular weight excluding hydrogens is 434 g/mol. The van der Waals surface area contributed by atoms with E-state index in [-0.39, 0.29) is 12.6 Å². The highest BCUT2D eigenvalue weighted by Gasteiger charge is 2.35. The van der Waals surface area contributed by atoms with Gasteiger partial charge in [-0.1, -0.05) is 30.3 Å². The van der Waals surface area contributed by atoms with Gasteiger partial charge in [0, 0.05) is 25.3 Å². The van der Waals surface area contributed by atoms with Crippen molar-refractivity contribution in [3.05, 3.63) is 70.4 Å². The zero-order valence-corrected chi connectivity index (χ0v) is 19.8. The third kappa shape index (κ3) is 5.02. The minimum Gasteiger partial charge on any atom is -0.493 e. The second kappa shape index (κ2) is 10.6. The largest absolute Gasteiger partial charge is 0.493 e. The Bertz CT molecular complexity index is 1100. The summed E-state index contributed by atoms with van der Waals surface area (Å²) in [5, 5.41) is 5.75. The number of carbonyl (C=O) groups excluding carboxylic acids is 2. The lowest BCUT2D eigenvalue weighted by Gasteiger charge is -2.34. The third-order valence-electron chi connectivity index (χ3n) is 6.06. The molecule has 0 unspecified atom stereocenters. The highest BCUT2D eigenvalue weighted by Crippen LogP contribution is 2.35. The number of benzene rings is 2. The maximum absolute atomic E-state index is 13.1. The van der Waals surface area contributed by atoms with E-state index >= 15 is 0 Å². The average Bonchev–Trinajstić information content (AvgIpc) is 2.84. The summed E-state index contributed by atoms with van der Waals surface area (Å²) in [4.78, 5) is 28.0. The highest BCUT2D eigenvalue weighted by atomic mass is 16.5. The van der Waals surface area contributed by atoms with E-state index in [4.69, 9.17) is 14.2 Å². The zero-order valence-electron chi connectivity index (χ0n) is 19.8. The van der Waals surface area contributed by atoms with Crippen LogP contribution in [-0.4, -0.2) is 50.3 Å². The van der Waals surface area contributed by atoms with Gasteiger partial charge < -0.3 is 24.8 Å². The molecule has 1 atom stereocenters. The standard InChI is InChI=1S/C26H31N3O5/c1-4-33-21-11-10-18(14-22(21)32-3)24-23(25(30)34-5-2)20(27-26(31)28-24)16-29-13-12-17-8-6-7-9-19(17)15-29/h6-11,14,24H,4-5,12-13,15-16H2,1-3H3,(H2,27,28,31)/t24-/m1/s1. The lowest BCUT2D eigenvalue weighted by molar-refractivity contribution is -0.139. The minimum absolute atomic E-state index is 0.236. The van der Waals surface area contributed by atoms with Crippen molar-refractivity contribution in [2.75, 3.05) is 33.4 Å². The lowest BCUT2D eigenvalue weighted by atomic mass is 9.94. The lowest BCUT2D eigenvalue weighted by Crippen LogP contribution is -2.49. The van der Waals surface area contributed by atoms with Crippen molar-refractivity contribution in [3.63, 3.8) is 0 Å². The Morgan fingerprint density at radius 1 is 1.09 bits per heavy atom. The van der Waals surface area contributed by atoms with E-state index in [1.807, 2.05) is 19.1 Å². The first kappa shape index (κ1) is 23.6. The van der Waals surface area contributed by atoms with Crippen LogP contribution < -0.4 is 20.1 Å². The van der Waals surface area contributed by atoms with Crippen molar-refractivity contribution in [2.24, 2.45) is 0 Å². The van der Waals surface area contributed by atoms with Crippen LogP contribution >= 0.6 is 0 Å². The number of urea groups is 1. The van der Waals surface area contributed by atoms with Crippen LogP contribution in [0.2, 0.25) is 0 Å². The van der Waals surface area contributed by atoms with Gasteiger partial charge in [0.1, 0.15) is 0 Å². The van der Waals surface area contributed by atoms with Gasteiger partial charge in [0.25, 0.3) is 0 Å². The summed E-state index contributed by atoms with van der Waals surface area (Å²) >= 11 is 0. The Kier molecular flexibility index (Phi) is 7.37. The number of methoxy groups -OCH3 is 1. The van der Waals surface area contributed by atoms with Crippen LogP contribution in [0.15, 0.2) is 53.7 Å². The smallest absolute Gasteiger partial charge is 0.338 e. The van der Waals surface area contributed by atoms with Crippen molar-refractivity contribution in [3.8, 4) is 11.5 Å². The SMILES string of the molecule is CCOC(=O)C1=C(CN2CCc3ccccc3C2)NC(=O)N[C@@H]1c1ccc(OCC)c(OC)c1. The van der Waals surface area contributed by atoms with Gasteiger partial charge in [-0.3, -0.25) is 4.90 Å². The summed E-state index contributed by atoms with van der Waals surface area (Å²) in [6, 6.07) is 12.7. The fourth-order valence-corrected chi connectivity index (χ4v) is 4.49. The number of ether oxygens (including phenoxy) is 3. The molecule has 8 nitrogen and oxygen atoms in total. The maximum Gasteiger partial charge on any atom is 0.338 e. The van der Waals surface area contributed by atoms with Crippen LogP contribution in [0.3, 0.4) is 0 Å². The van der Waals surface area contributed by atoms with Crippen LogP contribution in [-0.2, 0) is 22.5 Å². The van der Waals surface area contributed by atoms with Crippen LogP contribution in [0.5, 0.6) is 11.5 Å². The summed E-state index contributed by atoms with van der Waals surface area (Å²) in [5.74, 6) is 0.674. The number of hydrogen-bond acceptors (Lipinski definition) is 6. The number of amides is 2. The molecule has 0 saturated heterocycles. The summed E-state index contributed by atoms with van der Waals surface area (Å²) in [7, 11) is 1.56. The molecule has 0 aromatic heterocycles. The number of nitrogens with one attached hydrogen (secondary N) is 2. The van der Waals surface area contributed by atoms with Crippen molar-refractivity contribution < 1.29 is 23.8 Å². The zero-order chi connectivity index (χ0) is 24.1. The number of hydrogen-bond donors (Lipinski definition) is 2. The van der Waals surface area contributed by atoms with Gasteiger partial charge in [0.15, 0.2) is 11.5 Å². The van der Waals surface area contributed by atoms with E-state index in [0.29, 0.717) is 41.5 Å². The number of nitrogens with zero attached hydrogens (tertiary/aromatic N) is 1. The Balaban J connectivity index is 1.69. The molecule has 8 heteroatoms. The van der Waals surface area contributed by atoms with E-state index < -0.39 is 12.0 Å². The Hall–Kier alpha value is -3.52. The second-order valence-electron chi connectivity index (χ2n) is 8.22. The molecule has 0 saturated carbocycles. The average molecular weight is 466 g/mol. The van der Waals surface area contributed by atoms with Crippen LogP contribution in [0.25, 0.3) is 0 Å². The van der Waals surface area contributed by atoms with E-state index in [0.717, 1.165) is 19.5 Å². The second-order valence-corrected chi connectivity index (χ2v) is 8.22. The van der Waals surface area contributed by atoms with Gasteiger partial charge in [-0.05, 0) is 49.1 Å². The molecule has 0 spiro atoms. The monoisotopic (exact) mass is 465 g/mol. The Labute approximate surface area is 199 Å². The van der Waals surface area contributed by atoms with Crippen LogP contribution in [0.1, 0.15) is 36.6 Å². The summed E-state index contributed by atoms with van der Waals surface area (Å²) < 4.78 is 16.5. The van der Waals surface area contributed by atoms with Gasteiger partial charge in [0.2, 0.25) is 0 Å². The number of esters is 1. The fourth-order valence-electron chi connectivity index (χ4n) is 4.49. The number of rotatable bonds is 8. The van der Waals surface area contributed by atoms with E-state index in [1.54, 1.807) is 26.2 Å². The minimum atomic E-state index is -0.676. The molecule has 2 amide bonds. The molecule has 0 aliphatic carbocycles. The molecule has 0 fully saturated rings. The number of fused-ring (bicyclic) bond motifs is 1. The fraction of sp³-hybridized carbons (Fsp3) is 0.385. The molecule has 2 aromatic carbocycles. The van der Waals surface area contributed by atoms with Crippen molar-refractivity contribution >= 4 is 12.0 Å². The van der Waals surface area contributed by atoms with Gasteiger partial charge in [-0.2, -0.15) is 0 Å². The maximum atomic E-state index is 13.1. The molecule has 2 N–H and O–H groups in total. The van der Waals surface area contributed by atoms with Gasteiger partial charge >= 0.3 is 12.0 Å². The van der Waals surface area contributed by atoms with Crippen LogP contribution in [0, 0.1) is 0 Å². The molecule has 0 bridgehead atoms. The van der Waals surface area contributed by atoms with Gasteiger partial charge in [-0.25, -0.2) is 9.59 Å². The third-order valence-corrected chi connectivity index (χ3v) is 6.06. The number of carbonyl (C=O) groups is 2. The predicted octanol–water partition coefficient (Wildman–Crippen LogP) is 3.32. The normalized spacial score (nSPS) is 18.0. The highest BCUT2D eigenvalue weighted by molar-refractivity contribution is 5.95. The first-order valence-corrected chi connectivity index (χ1v) is 11.6. The molecule has 2 aliphatic rings. The molecular formula is C26H31N3O5. The molecule has 2 aliphatic heterocycles. The van der Waals surface area contributed by atoms with Gasteiger partial charge in [0.05, 0.1) is 31.9 Å². The molecule has 34 heavy (non-hydrogen) atoms. The van der Waals surface area contributed by atoms with Crippen molar-refractivity contribution in [1.82, 2.24) is 15.5 Å². The first-order chi connectivity index (χ1) is 16.5. The topological polar surface area (TPSA) is 89.1 Å².